The smallest absolute Gasteiger partial charge is 0.0600 e. The number of ether oxygens (including phenoxy) is 1. The number of rotatable bonds is 3. The monoisotopic (exact) mass is 224 g/mol. The minimum atomic E-state index is 0.139. The van der Waals surface area contributed by atoms with Gasteiger partial charge in [0.25, 0.3) is 0 Å². The number of thiophene rings is 1. The van der Waals surface area contributed by atoms with Crippen molar-refractivity contribution in [2.75, 3.05) is 19.8 Å². The lowest BCUT2D eigenvalue weighted by Crippen LogP contribution is -2.54. The largest absolute Gasteiger partial charge is 0.396 e. The fourth-order valence-electron chi connectivity index (χ4n) is 2.79. The molecule has 1 saturated carbocycles. The molecule has 0 atom stereocenters. The highest BCUT2D eigenvalue weighted by molar-refractivity contribution is 7.10. The van der Waals surface area contributed by atoms with Gasteiger partial charge in [-0.2, -0.15) is 0 Å². The molecule has 1 aliphatic carbocycles. The summed E-state index contributed by atoms with van der Waals surface area (Å²) in [4.78, 5) is 1.44. The van der Waals surface area contributed by atoms with Crippen LogP contribution in [-0.2, 0) is 10.2 Å². The zero-order chi connectivity index (χ0) is 10.5. The molecule has 1 aliphatic heterocycles. The first-order chi connectivity index (χ1) is 7.24. The van der Waals surface area contributed by atoms with Crippen molar-refractivity contribution in [3.63, 3.8) is 0 Å². The topological polar surface area (TPSA) is 29.5 Å². The third-order valence-electron chi connectivity index (χ3n) is 4.17. The summed E-state index contributed by atoms with van der Waals surface area (Å²) in [7, 11) is 0. The lowest BCUT2D eigenvalue weighted by molar-refractivity contribution is -0.108. The van der Waals surface area contributed by atoms with Crippen molar-refractivity contribution in [3.05, 3.63) is 21.9 Å². The van der Waals surface area contributed by atoms with Gasteiger partial charge >= 0.3 is 0 Å². The summed E-state index contributed by atoms with van der Waals surface area (Å²) in [5.74, 6) is 0. The van der Waals surface area contributed by atoms with E-state index in [1.54, 1.807) is 0 Å². The zero-order valence-electron chi connectivity index (χ0n) is 8.95. The van der Waals surface area contributed by atoms with Crippen LogP contribution in [0.5, 0.6) is 0 Å². The summed E-state index contributed by atoms with van der Waals surface area (Å²) in [6.45, 7) is 4.08. The molecule has 0 bridgehead atoms. The molecule has 0 amide bonds. The highest BCUT2D eigenvalue weighted by Gasteiger charge is 2.64. The van der Waals surface area contributed by atoms with Gasteiger partial charge in [0, 0.05) is 16.9 Å². The Bertz CT molecular complexity index is 375. The molecular formula is C12H16O2S. The van der Waals surface area contributed by atoms with Crippen LogP contribution in [0.3, 0.4) is 0 Å². The van der Waals surface area contributed by atoms with Crippen molar-refractivity contribution < 1.29 is 9.84 Å². The van der Waals surface area contributed by atoms with Gasteiger partial charge in [0.2, 0.25) is 0 Å². The van der Waals surface area contributed by atoms with E-state index in [-0.39, 0.29) is 10.8 Å². The van der Waals surface area contributed by atoms with Crippen molar-refractivity contribution in [3.8, 4) is 0 Å². The summed E-state index contributed by atoms with van der Waals surface area (Å²) in [5, 5.41) is 11.7. The standard InChI is InChI=1S/C12H16O2S/c1-9-2-5-15-10(9)12(7-14-8-12)11(6-13)3-4-11/h2,5,13H,3-4,6-8H2,1H3. The first-order valence-corrected chi connectivity index (χ1v) is 6.35. The average Bonchev–Trinajstić information content (AvgIpc) is 2.85. The van der Waals surface area contributed by atoms with E-state index < -0.39 is 0 Å². The van der Waals surface area contributed by atoms with E-state index >= 15 is 0 Å². The summed E-state index contributed by atoms with van der Waals surface area (Å²) in [5.41, 5.74) is 1.64. The SMILES string of the molecule is Cc1ccsc1C1(C2(CO)CC2)COC1. The summed E-state index contributed by atoms with van der Waals surface area (Å²) >= 11 is 1.82. The maximum absolute atomic E-state index is 9.60. The van der Waals surface area contributed by atoms with Crippen LogP contribution in [0, 0.1) is 12.3 Å². The van der Waals surface area contributed by atoms with Gasteiger partial charge in [-0.3, -0.25) is 0 Å². The molecule has 1 aromatic heterocycles. The molecule has 3 heteroatoms. The van der Waals surface area contributed by atoms with E-state index in [0.717, 1.165) is 26.1 Å². The second kappa shape index (κ2) is 3.06. The van der Waals surface area contributed by atoms with Crippen LogP contribution in [0.4, 0.5) is 0 Å². The minimum absolute atomic E-state index is 0.139. The van der Waals surface area contributed by atoms with Gasteiger partial charge in [-0.1, -0.05) is 0 Å². The van der Waals surface area contributed by atoms with Crippen molar-refractivity contribution in [1.82, 2.24) is 0 Å². The van der Waals surface area contributed by atoms with Crippen LogP contribution in [0.15, 0.2) is 11.4 Å². The van der Waals surface area contributed by atoms with Gasteiger partial charge < -0.3 is 9.84 Å². The maximum atomic E-state index is 9.60. The Morgan fingerprint density at radius 2 is 2.20 bits per heavy atom. The minimum Gasteiger partial charge on any atom is -0.396 e. The number of aliphatic hydroxyl groups excluding tert-OH is 1. The first kappa shape index (κ1) is 9.82. The molecule has 1 N–H and O–H groups in total. The van der Waals surface area contributed by atoms with Crippen molar-refractivity contribution >= 4 is 11.3 Å². The van der Waals surface area contributed by atoms with Gasteiger partial charge in [0.1, 0.15) is 0 Å². The highest BCUT2D eigenvalue weighted by atomic mass is 32.1. The molecule has 0 radical (unpaired) electrons. The normalized spacial score (nSPS) is 26.0. The number of hydrogen-bond donors (Lipinski definition) is 1. The van der Waals surface area contributed by atoms with E-state index in [0.29, 0.717) is 6.61 Å². The Labute approximate surface area is 93.9 Å². The maximum Gasteiger partial charge on any atom is 0.0600 e. The Morgan fingerprint density at radius 3 is 2.53 bits per heavy atom. The number of aliphatic hydroxyl groups is 1. The molecule has 3 rings (SSSR count). The van der Waals surface area contributed by atoms with Gasteiger partial charge in [0.05, 0.1) is 18.6 Å². The Balaban J connectivity index is 2.04. The quantitative estimate of drug-likeness (QED) is 0.852. The van der Waals surface area contributed by atoms with E-state index in [4.69, 9.17) is 4.74 Å². The van der Waals surface area contributed by atoms with Gasteiger partial charge in [-0.15, -0.1) is 11.3 Å². The number of hydrogen-bond acceptors (Lipinski definition) is 3. The first-order valence-electron chi connectivity index (χ1n) is 5.47. The molecule has 0 unspecified atom stereocenters. The van der Waals surface area contributed by atoms with E-state index in [1.165, 1.54) is 10.4 Å². The van der Waals surface area contributed by atoms with Gasteiger partial charge in [-0.05, 0) is 36.8 Å². The molecule has 15 heavy (non-hydrogen) atoms. The van der Waals surface area contributed by atoms with E-state index in [1.807, 2.05) is 11.3 Å². The predicted molar refractivity (Wildman–Crippen MR) is 60.3 cm³/mol. The van der Waals surface area contributed by atoms with Gasteiger partial charge in [0.15, 0.2) is 0 Å². The Kier molecular flexibility index (Phi) is 2.00. The third-order valence-corrected chi connectivity index (χ3v) is 5.39. The van der Waals surface area contributed by atoms with Crippen molar-refractivity contribution in [1.29, 1.82) is 0 Å². The Hall–Kier alpha value is -0.380. The molecule has 1 saturated heterocycles. The molecule has 1 aromatic rings. The zero-order valence-corrected chi connectivity index (χ0v) is 9.77. The van der Waals surface area contributed by atoms with Crippen LogP contribution in [-0.4, -0.2) is 24.9 Å². The third kappa shape index (κ3) is 1.11. The summed E-state index contributed by atoms with van der Waals surface area (Å²) in [6, 6.07) is 2.17. The summed E-state index contributed by atoms with van der Waals surface area (Å²) in [6.07, 6.45) is 2.31. The predicted octanol–water partition coefficient (Wildman–Crippen LogP) is 2.10. The molecule has 2 fully saturated rings. The van der Waals surface area contributed by atoms with Crippen LogP contribution < -0.4 is 0 Å². The molecule has 2 heterocycles. The molecule has 0 spiro atoms. The van der Waals surface area contributed by atoms with Crippen LogP contribution in [0.25, 0.3) is 0 Å². The lowest BCUT2D eigenvalue weighted by Gasteiger charge is -2.47. The second-order valence-corrected chi connectivity index (χ2v) is 5.86. The lowest BCUT2D eigenvalue weighted by atomic mass is 9.69. The van der Waals surface area contributed by atoms with Crippen LogP contribution in [0.2, 0.25) is 0 Å². The van der Waals surface area contributed by atoms with Crippen LogP contribution >= 0.6 is 11.3 Å². The Morgan fingerprint density at radius 1 is 1.47 bits per heavy atom. The van der Waals surface area contributed by atoms with Crippen molar-refractivity contribution in [2.24, 2.45) is 5.41 Å². The number of aryl methyl sites for hydroxylation is 1. The molecule has 0 aromatic carbocycles. The van der Waals surface area contributed by atoms with Crippen molar-refractivity contribution in [2.45, 2.75) is 25.2 Å². The summed E-state index contributed by atoms with van der Waals surface area (Å²) < 4.78 is 5.44. The van der Waals surface area contributed by atoms with Gasteiger partial charge in [-0.25, -0.2) is 0 Å². The molecule has 82 valence electrons. The second-order valence-electron chi connectivity index (χ2n) is 4.95. The molecular weight excluding hydrogens is 208 g/mol. The molecule has 2 nitrogen and oxygen atoms in total. The fraction of sp³-hybridized carbons (Fsp3) is 0.667. The van der Waals surface area contributed by atoms with E-state index in [2.05, 4.69) is 18.4 Å². The molecule has 2 aliphatic rings. The van der Waals surface area contributed by atoms with Crippen LogP contribution in [0.1, 0.15) is 23.3 Å². The highest BCUT2D eigenvalue weighted by Crippen LogP contribution is 2.63. The van der Waals surface area contributed by atoms with E-state index in [9.17, 15) is 5.11 Å². The average molecular weight is 224 g/mol. The fourth-order valence-corrected chi connectivity index (χ4v) is 4.01.